The number of ether oxygens (including phenoxy) is 2. The van der Waals surface area contributed by atoms with Crippen LogP contribution in [0.5, 0.6) is 0 Å². The summed E-state index contributed by atoms with van der Waals surface area (Å²) in [6.45, 7) is 2.09. The third-order valence-electron chi connectivity index (χ3n) is 2.65. The van der Waals surface area contributed by atoms with Gasteiger partial charge in [-0.25, -0.2) is 0 Å². The van der Waals surface area contributed by atoms with Gasteiger partial charge in [0.1, 0.15) is 0 Å². The first-order valence-electron chi connectivity index (χ1n) is 7.24. The Kier molecular flexibility index (Phi) is 13.4. The van der Waals surface area contributed by atoms with Crippen LogP contribution in [0.25, 0.3) is 0 Å². The lowest BCUT2D eigenvalue weighted by Crippen LogP contribution is -2.24. The van der Waals surface area contributed by atoms with Crippen molar-refractivity contribution in [3.8, 4) is 0 Å². The predicted molar refractivity (Wildman–Crippen MR) is 86.3 cm³/mol. The summed E-state index contributed by atoms with van der Waals surface area (Å²) in [7, 11) is 0. The van der Waals surface area contributed by atoms with Gasteiger partial charge in [0.2, 0.25) is 6.29 Å². The fraction of sp³-hybridized carbons (Fsp3) is 0.857. The van der Waals surface area contributed by atoms with Gasteiger partial charge in [0.25, 0.3) is 0 Å². The van der Waals surface area contributed by atoms with Crippen LogP contribution in [0.15, 0.2) is 0 Å². The summed E-state index contributed by atoms with van der Waals surface area (Å²) in [6.07, 6.45) is 4.72. The summed E-state index contributed by atoms with van der Waals surface area (Å²) in [5.41, 5.74) is 0. The van der Waals surface area contributed by atoms with Gasteiger partial charge in [-0.1, -0.05) is 19.8 Å². The van der Waals surface area contributed by atoms with Crippen molar-refractivity contribution in [3.05, 3.63) is 0 Å². The summed E-state index contributed by atoms with van der Waals surface area (Å²) in [5, 5.41) is 0. The maximum absolute atomic E-state index is 11.6. The molecule has 0 rings (SSSR count). The zero-order valence-corrected chi connectivity index (χ0v) is 14.0. The van der Waals surface area contributed by atoms with Crippen LogP contribution in [0.2, 0.25) is 0 Å². The minimum Gasteiger partial charge on any atom is -0.425 e. The van der Waals surface area contributed by atoms with Crippen LogP contribution < -0.4 is 0 Å². The minimum absolute atomic E-state index is 0.308. The summed E-state index contributed by atoms with van der Waals surface area (Å²) in [4.78, 5) is 23.2. The number of thiol groups is 2. The maximum Gasteiger partial charge on any atom is 0.308 e. The number of carbonyl (C=O) groups excluding carboxylic acids is 2. The van der Waals surface area contributed by atoms with Gasteiger partial charge in [0, 0.05) is 19.3 Å². The number of hydrogen-bond acceptors (Lipinski definition) is 6. The number of carbonyl (C=O) groups is 2. The smallest absolute Gasteiger partial charge is 0.308 e. The van der Waals surface area contributed by atoms with E-state index in [4.69, 9.17) is 9.47 Å². The molecular formula is C14H26O4S2. The molecule has 0 aromatic heterocycles. The highest BCUT2D eigenvalue weighted by Crippen LogP contribution is 2.12. The number of rotatable bonds is 12. The van der Waals surface area contributed by atoms with E-state index in [1.165, 1.54) is 0 Å². The fourth-order valence-corrected chi connectivity index (χ4v) is 1.88. The van der Waals surface area contributed by atoms with E-state index in [9.17, 15) is 9.59 Å². The van der Waals surface area contributed by atoms with Crippen LogP contribution in [0, 0.1) is 0 Å². The van der Waals surface area contributed by atoms with E-state index >= 15 is 0 Å². The highest BCUT2D eigenvalue weighted by molar-refractivity contribution is 7.80. The lowest BCUT2D eigenvalue weighted by atomic mass is 10.2. The molecule has 0 amide bonds. The standard InChI is InChI=1S/C14H26O4S2/c1-2-3-4-9-14(17-12(15)7-5-10-19)18-13(16)8-6-11-20/h14,19-20H,2-11H2,1H3. The summed E-state index contributed by atoms with van der Waals surface area (Å²) in [5.74, 6) is 0.611. The number of hydrogen-bond donors (Lipinski definition) is 2. The first kappa shape index (κ1) is 19.6. The highest BCUT2D eigenvalue weighted by Gasteiger charge is 2.18. The lowest BCUT2D eigenvalue weighted by molar-refractivity contribution is -0.189. The van der Waals surface area contributed by atoms with E-state index in [2.05, 4.69) is 32.2 Å². The van der Waals surface area contributed by atoms with E-state index in [1.807, 2.05) is 0 Å². The van der Waals surface area contributed by atoms with Crippen molar-refractivity contribution in [3.63, 3.8) is 0 Å². The fourth-order valence-electron chi connectivity index (χ4n) is 1.56. The molecular weight excluding hydrogens is 296 g/mol. The Labute approximate surface area is 132 Å². The summed E-state index contributed by atoms with van der Waals surface area (Å²) >= 11 is 8.10. The van der Waals surface area contributed by atoms with Crippen LogP contribution in [0.3, 0.4) is 0 Å². The highest BCUT2D eigenvalue weighted by atomic mass is 32.1. The van der Waals surface area contributed by atoms with Crippen LogP contribution in [0.4, 0.5) is 0 Å². The lowest BCUT2D eigenvalue weighted by Gasteiger charge is -2.18. The number of unbranched alkanes of at least 4 members (excludes halogenated alkanes) is 2. The average Bonchev–Trinajstić information content (AvgIpc) is 2.43. The van der Waals surface area contributed by atoms with Gasteiger partial charge < -0.3 is 9.47 Å². The average molecular weight is 322 g/mol. The Bertz CT molecular complexity index is 250. The van der Waals surface area contributed by atoms with Gasteiger partial charge >= 0.3 is 11.9 Å². The predicted octanol–water partition coefficient (Wildman–Crippen LogP) is 3.40. The first-order chi connectivity index (χ1) is 9.63. The molecule has 0 aliphatic carbocycles. The monoisotopic (exact) mass is 322 g/mol. The van der Waals surface area contributed by atoms with E-state index in [0.717, 1.165) is 19.3 Å². The van der Waals surface area contributed by atoms with Crippen molar-refractivity contribution in [1.29, 1.82) is 0 Å². The summed E-state index contributed by atoms with van der Waals surface area (Å²) in [6, 6.07) is 0. The normalized spacial score (nSPS) is 10.6. The van der Waals surface area contributed by atoms with Gasteiger partial charge in [-0.2, -0.15) is 25.3 Å². The van der Waals surface area contributed by atoms with E-state index in [0.29, 0.717) is 43.6 Å². The molecule has 0 spiro atoms. The molecule has 0 saturated carbocycles. The third-order valence-corrected chi connectivity index (χ3v) is 3.28. The first-order valence-corrected chi connectivity index (χ1v) is 8.51. The topological polar surface area (TPSA) is 52.6 Å². The Hall–Kier alpha value is -0.360. The zero-order valence-electron chi connectivity index (χ0n) is 12.2. The van der Waals surface area contributed by atoms with Crippen molar-refractivity contribution in [1.82, 2.24) is 0 Å². The van der Waals surface area contributed by atoms with Crippen LogP contribution >= 0.6 is 25.3 Å². The van der Waals surface area contributed by atoms with E-state index in [1.54, 1.807) is 0 Å². The molecule has 6 heteroatoms. The van der Waals surface area contributed by atoms with Gasteiger partial charge in [0.15, 0.2) is 0 Å². The zero-order chi connectivity index (χ0) is 15.2. The van der Waals surface area contributed by atoms with E-state index < -0.39 is 6.29 Å². The third kappa shape index (κ3) is 11.5. The van der Waals surface area contributed by atoms with Crippen molar-refractivity contribution < 1.29 is 19.1 Å². The molecule has 0 N–H and O–H groups in total. The van der Waals surface area contributed by atoms with Gasteiger partial charge in [-0.15, -0.1) is 0 Å². The second-order valence-electron chi connectivity index (χ2n) is 4.56. The Morgan fingerprint density at radius 1 is 0.900 bits per heavy atom. The summed E-state index contributed by atoms with van der Waals surface area (Å²) < 4.78 is 10.4. The molecule has 0 bridgehead atoms. The van der Waals surface area contributed by atoms with Gasteiger partial charge in [0.05, 0.1) is 0 Å². The van der Waals surface area contributed by atoms with Crippen LogP contribution in [0.1, 0.15) is 58.3 Å². The Morgan fingerprint density at radius 3 is 1.80 bits per heavy atom. The van der Waals surface area contributed by atoms with Crippen molar-refractivity contribution in [2.75, 3.05) is 11.5 Å². The number of esters is 2. The molecule has 0 aliphatic rings. The molecule has 0 heterocycles. The van der Waals surface area contributed by atoms with Crippen molar-refractivity contribution in [2.24, 2.45) is 0 Å². The van der Waals surface area contributed by atoms with Gasteiger partial charge in [-0.05, 0) is 30.8 Å². The molecule has 0 aromatic carbocycles. The van der Waals surface area contributed by atoms with Crippen LogP contribution in [-0.4, -0.2) is 29.7 Å². The molecule has 0 atom stereocenters. The molecule has 0 fully saturated rings. The molecule has 4 nitrogen and oxygen atoms in total. The molecule has 20 heavy (non-hydrogen) atoms. The second kappa shape index (κ2) is 13.6. The molecule has 0 aromatic rings. The molecule has 0 radical (unpaired) electrons. The quantitative estimate of drug-likeness (QED) is 0.250. The largest absolute Gasteiger partial charge is 0.425 e. The molecule has 0 aliphatic heterocycles. The Morgan fingerprint density at radius 2 is 1.40 bits per heavy atom. The second-order valence-corrected chi connectivity index (χ2v) is 5.45. The molecule has 0 saturated heterocycles. The maximum atomic E-state index is 11.6. The Balaban J connectivity index is 4.17. The molecule has 118 valence electrons. The van der Waals surface area contributed by atoms with Crippen molar-refractivity contribution >= 4 is 37.2 Å². The van der Waals surface area contributed by atoms with Crippen molar-refractivity contribution in [2.45, 2.75) is 64.6 Å². The SMILES string of the molecule is CCCCCC(OC(=O)CCCS)OC(=O)CCCS. The minimum atomic E-state index is -0.749. The van der Waals surface area contributed by atoms with Crippen LogP contribution in [-0.2, 0) is 19.1 Å². The van der Waals surface area contributed by atoms with Gasteiger partial charge in [-0.3, -0.25) is 9.59 Å². The van der Waals surface area contributed by atoms with E-state index in [-0.39, 0.29) is 11.9 Å². The molecule has 0 unspecified atom stereocenters.